The zero-order valence-corrected chi connectivity index (χ0v) is 36.1. The number of nitrogens with zero attached hydrogens (tertiary/aromatic N) is 3. The molecule has 0 amide bonds. The molecular weight excluding hydrogens is 815 g/mol. The Morgan fingerprint density at radius 1 is 0.239 bits per heavy atom. The average molecular weight is 852 g/mol. The first kappa shape index (κ1) is 37.4. The summed E-state index contributed by atoms with van der Waals surface area (Å²) in [6, 6.07) is 80.0. The number of para-hydroxylation sites is 2. The standard InChI is InChI=1S/C63H37N3O/c1-7-22-44-38(16-1)32-34-51(55-36-40-18-3-5-20-42(40)46-24-9-11-26-48(46)55)58(44)62-64-61(54-30-15-29-53-50-28-13-14-31-57(50)67-60(53)54)65-63(66-62)59-45-23-8-2-17-39(45)33-35-52(59)56-37-41-19-4-6-21-43(41)47-25-10-12-27-49(47)56/h1-37H. The summed E-state index contributed by atoms with van der Waals surface area (Å²) in [6.45, 7) is 0. The first-order chi connectivity index (χ1) is 33.2. The Labute approximate surface area is 385 Å². The molecule has 310 valence electrons. The fraction of sp³-hybridized carbons (Fsp3) is 0. The van der Waals surface area contributed by atoms with Crippen LogP contribution in [0.5, 0.6) is 0 Å². The lowest BCUT2D eigenvalue weighted by atomic mass is 9.88. The van der Waals surface area contributed by atoms with Gasteiger partial charge in [-0.25, -0.2) is 15.0 Å². The molecule has 12 aromatic carbocycles. The number of rotatable bonds is 5. The van der Waals surface area contributed by atoms with Crippen LogP contribution in [-0.2, 0) is 0 Å². The first-order valence-corrected chi connectivity index (χ1v) is 22.8. The van der Waals surface area contributed by atoms with Crippen molar-refractivity contribution in [3.8, 4) is 56.4 Å². The van der Waals surface area contributed by atoms with Gasteiger partial charge in [0.15, 0.2) is 17.5 Å². The predicted molar refractivity (Wildman–Crippen MR) is 279 cm³/mol. The minimum absolute atomic E-state index is 0.536. The Hall–Kier alpha value is -8.99. The maximum Gasteiger partial charge on any atom is 0.167 e. The summed E-state index contributed by atoms with van der Waals surface area (Å²) in [5, 5.41) is 15.9. The maximum atomic E-state index is 6.73. The monoisotopic (exact) mass is 851 g/mol. The third-order valence-electron chi connectivity index (χ3n) is 13.7. The van der Waals surface area contributed by atoms with E-state index in [9.17, 15) is 0 Å². The zero-order valence-electron chi connectivity index (χ0n) is 36.1. The molecule has 0 fully saturated rings. The van der Waals surface area contributed by atoms with E-state index in [0.717, 1.165) is 82.4 Å². The molecule has 67 heavy (non-hydrogen) atoms. The summed E-state index contributed by atoms with van der Waals surface area (Å²) in [7, 11) is 0. The van der Waals surface area contributed by atoms with Gasteiger partial charge in [-0.15, -0.1) is 0 Å². The van der Waals surface area contributed by atoms with Gasteiger partial charge in [-0.1, -0.05) is 200 Å². The van der Waals surface area contributed by atoms with Crippen molar-refractivity contribution in [2.24, 2.45) is 0 Å². The Morgan fingerprint density at radius 2 is 0.642 bits per heavy atom. The van der Waals surface area contributed by atoms with E-state index in [0.29, 0.717) is 17.5 Å². The van der Waals surface area contributed by atoms with Crippen LogP contribution in [0.3, 0.4) is 0 Å². The molecule has 0 saturated heterocycles. The molecule has 14 rings (SSSR count). The number of hydrogen-bond acceptors (Lipinski definition) is 4. The fourth-order valence-corrected chi connectivity index (χ4v) is 10.7. The smallest absolute Gasteiger partial charge is 0.167 e. The number of aromatic nitrogens is 3. The molecule has 0 aliphatic carbocycles. The molecular formula is C63H37N3O. The molecule has 14 aromatic rings. The van der Waals surface area contributed by atoms with Crippen molar-refractivity contribution in [3.05, 3.63) is 224 Å². The van der Waals surface area contributed by atoms with Crippen LogP contribution in [0.1, 0.15) is 0 Å². The molecule has 0 aliphatic rings. The fourth-order valence-electron chi connectivity index (χ4n) is 10.7. The van der Waals surface area contributed by atoms with Gasteiger partial charge in [-0.2, -0.15) is 0 Å². The van der Waals surface area contributed by atoms with Gasteiger partial charge < -0.3 is 4.42 Å². The van der Waals surface area contributed by atoms with Crippen molar-refractivity contribution in [2.45, 2.75) is 0 Å². The van der Waals surface area contributed by atoms with Crippen molar-refractivity contribution >= 4 is 86.6 Å². The van der Waals surface area contributed by atoms with Gasteiger partial charge in [-0.05, 0) is 111 Å². The Morgan fingerprint density at radius 3 is 1.18 bits per heavy atom. The van der Waals surface area contributed by atoms with Crippen molar-refractivity contribution in [1.82, 2.24) is 15.0 Å². The number of fused-ring (bicyclic) bond motifs is 11. The maximum absolute atomic E-state index is 6.73. The molecule has 4 nitrogen and oxygen atoms in total. The molecule has 2 aromatic heterocycles. The van der Waals surface area contributed by atoms with E-state index < -0.39 is 0 Å². The van der Waals surface area contributed by atoms with Crippen LogP contribution >= 0.6 is 0 Å². The minimum atomic E-state index is 0.536. The molecule has 4 heteroatoms. The molecule has 0 N–H and O–H groups in total. The van der Waals surface area contributed by atoms with Crippen LogP contribution in [0.25, 0.3) is 143 Å². The summed E-state index contributed by atoms with van der Waals surface area (Å²) < 4.78 is 6.73. The lowest BCUT2D eigenvalue weighted by molar-refractivity contribution is 0.669. The Bertz CT molecular complexity index is 4140. The van der Waals surface area contributed by atoms with Crippen LogP contribution in [0.15, 0.2) is 229 Å². The molecule has 0 saturated carbocycles. The van der Waals surface area contributed by atoms with Gasteiger partial charge in [0.05, 0.1) is 5.56 Å². The second kappa shape index (κ2) is 14.8. The highest BCUT2D eigenvalue weighted by Gasteiger charge is 2.25. The number of benzene rings is 12. The quantitative estimate of drug-likeness (QED) is 0.162. The van der Waals surface area contributed by atoms with Crippen LogP contribution in [-0.4, -0.2) is 15.0 Å². The van der Waals surface area contributed by atoms with Crippen LogP contribution < -0.4 is 0 Å². The Kier molecular flexibility index (Phi) is 8.25. The van der Waals surface area contributed by atoms with Gasteiger partial charge in [0.1, 0.15) is 11.2 Å². The SMILES string of the molecule is c1ccc2c(-c3nc(-c4c(-c5cc6ccccc6c6ccccc56)ccc5ccccc45)nc(-c4cccc5c4oc4ccccc45)n3)c(-c3cc4ccccc4c4ccccc34)ccc2c1. The first-order valence-electron chi connectivity index (χ1n) is 22.8. The van der Waals surface area contributed by atoms with Gasteiger partial charge in [0.25, 0.3) is 0 Å². The highest BCUT2D eigenvalue weighted by atomic mass is 16.3. The predicted octanol–water partition coefficient (Wildman–Crippen LogP) is 17.0. The minimum Gasteiger partial charge on any atom is -0.455 e. The molecule has 0 aliphatic heterocycles. The van der Waals surface area contributed by atoms with E-state index in [-0.39, 0.29) is 0 Å². The largest absolute Gasteiger partial charge is 0.455 e. The highest BCUT2D eigenvalue weighted by molar-refractivity contribution is 6.18. The van der Waals surface area contributed by atoms with E-state index in [1.807, 2.05) is 12.1 Å². The van der Waals surface area contributed by atoms with Crippen molar-refractivity contribution < 1.29 is 4.42 Å². The summed E-state index contributed by atoms with van der Waals surface area (Å²) in [5.74, 6) is 1.70. The lowest BCUT2D eigenvalue weighted by Gasteiger charge is -2.19. The summed E-state index contributed by atoms with van der Waals surface area (Å²) in [6.07, 6.45) is 0. The lowest BCUT2D eigenvalue weighted by Crippen LogP contribution is -2.03. The van der Waals surface area contributed by atoms with E-state index in [2.05, 4.69) is 212 Å². The average Bonchev–Trinajstić information content (AvgIpc) is 3.79. The van der Waals surface area contributed by atoms with Gasteiger partial charge in [-0.3, -0.25) is 0 Å². The third kappa shape index (κ3) is 5.83. The molecule has 0 spiro atoms. The Balaban J connectivity index is 1.13. The topological polar surface area (TPSA) is 51.8 Å². The van der Waals surface area contributed by atoms with Gasteiger partial charge in [0.2, 0.25) is 0 Å². The van der Waals surface area contributed by atoms with Crippen LogP contribution in [0.4, 0.5) is 0 Å². The van der Waals surface area contributed by atoms with Crippen molar-refractivity contribution in [2.75, 3.05) is 0 Å². The summed E-state index contributed by atoms with van der Waals surface area (Å²) >= 11 is 0. The van der Waals surface area contributed by atoms with Gasteiger partial charge in [0, 0.05) is 21.9 Å². The van der Waals surface area contributed by atoms with Crippen molar-refractivity contribution in [1.29, 1.82) is 0 Å². The molecule has 2 heterocycles. The van der Waals surface area contributed by atoms with E-state index in [1.165, 1.54) is 43.1 Å². The normalized spacial score (nSPS) is 11.9. The highest BCUT2D eigenvalue weighted by Crippen LogP contribution is 2.46. The summed E-state index contributed by atoms with van der Waals surface area (Å²) in [5.41, 5.74) is 8.57. The van der Waals surface area contributed by atoms with Gasteiger partial charge >= 0.3 is 0 Å². The molecule has 0 atom stereocenters. The number of furan rings is 1. The molecule has 0 unspecified atom stereocenters. The zero-order chi connectivity index (χ0) is 44.0. The molecule has 0 bridgehead atoms. The van der Waals surface area contributed by atoms with E-state index in [4.69, 9.17) is 19.4 Å². The van der Waals surface area contributed by atoms with E-state index in [1.54, 1.807) is 0 Å². The van der Waals surface area contributed by atoms with Crippen LogP contribution in [0.2, 0.25) is 0 Å². The van der Waals surface area contributed by atoms with Crippen LogP contribution in [0, 0.1) is 0 Å². The number of hydrogen-bond donors (Lipinski definition) is 0. The summed E-state index contributed by atoms with van der Waals surface area (Å²) in [4.78, 5) is 16.9. The van der Waals surface area contributed by atoms with Crippen molar-refractivity contribution in [3.63, 3.8) is 0 Å². The second-order valence-corrected chi connectivity index (χ2v) is 17.4. The second-order valence-electron chi connectivity index (χ2n) is 17.4. The van der Waals surface area contributed by atoms with E-state index >= 15 is 0 Å². The molecule has 0 radical (unpaired) electrons. The third-order valence-corrected chi connectivity index (χ3v) is 13.7.